The Morgan fingerprint density at radius 3 is 2.26 bits per heavy atom. The number of anilines is 1. The van der Waals surface area contributed by atoms with Crippen molar-refractivity contribution in [3.05, 3.63) is 89.0 Å². The topological polar surface area (TPSA) is 84.5 Å². The molecule has 2 N–H and O–H groups in total. The van der Waals surface area contributed by atoms with Crippen LogP contribution in [0.25, 0.3) is 0 Å². The maximum absolute atomic E-state index is 12.9. The van der Waals surface area contributed by atoms with E-state index < -0.39 is 10.0 Å². The Labute approximate surface area is 183 Å². The molecule has 6 nitrogen and oxygen atoms in total. The number of aryl methyl sites for hydroxylation is 3. The standard InChI is InChI=1S/C24H26N2O4S/c1-17-8-4-6-10-21(17)26-31(28,29)23-16-20(13-12-19(23)3)24(27)25-14-15-30-22-11-7-5-9-18(22)2/h4-13,16,26H,14-15H2,1-3H3,(H,25,27). The molecule has 0 aromatic heterocycles. The predicted octanol–water partition coefficient (Wildman–Crippen LogP) is 4.22. The highest BCUT2D eigenvalue weighted by Gasteiger charge is 2.20. The molecule has 0 heterocycles. The van der Waals surface area contributed by atoms with Crippen LogP contribution in [-0.4, -0.2) is 27.5 Å². The maximum atomic E-state index is 12.9. The number of rotatable bonds is 8. The summed E-state index contributed by atoms with van der Waals surface area (Å²) < 4.78 is 34.2. The minimum Gasteiger partial charge on any atom is -0.491 e. The van der Waals surface area contributed by atoms with E-state index in [4.69, 9.17) is 4.74 Å². The summed E-state index contributed by atoms with van der Waals surface area (Å²) in [6, 6.07) is 19.4. The van der Waals surface area contributed by atoms with Gasteiger partial charge in [-0.05, 0) is 61.7 Å². The zero-order valence-corrected chi connectivity index (χ0v) is 18.6. The summed E-state index contributed by atoms with van der Waals surface area (Å²) in [7, 11) is -3.84. The molecule has 162 valence electrons. The molecule has 1 amide bonds. The molecule has 0 aliphatic carbocycles. The largest absolute Gasteiger partial charge is 0.491 e. The smallest absolute Gasteiger partial charge is 0.262 e. The summed E-state index contributed by atoms with van der Waals surface area (Å²) in [5, 5.41) is 2.77. The first kappa shape index (κ1) is 22.4. The van der Waals surface area contributed by atoms with E-state index in [2.05, 4.69) is 10.0 Å². The maximum Gasteiger partial charge on any atom is 0.262 e. The molecular weight excluding hydrogens is 412 g/mol. The minimum atomic E-state index is -3.84. The number of carbonyl (C=O) groups is 1. The fraction of sp³-hybridized carbons (Fsp3) is 0.208. The lowest BCUT2D eigenvalue weighted by Gasteiger charge is -2.14. The van der Waals surface area contributed by atoms with E-state index in [0.29, 0.717) is 24.4 Å². The molecule has 31 heavy (non-hydrogen) atoms. The molecule has 0 atom stereocenters. The van der Waals surface area contributed by atoms with Gasteiger partial charge in [-0.2, -0.15) is 0 Å². The number of para-hydroxylation sites is 2. The van der Waals surface area contributed by atoms with Crippen LogP contribution in [0.2, 0.25) is 0 Å². The molecule has 0 aliphatic rings. The van der Waals surface area contributed by atoms with Crippen molar-refractivity contribution in [2.24, 2.45) is 0 Å². The van der Waals surface area contributed by atoms with Crippen molar-refractivity contribution in [3.8, 4) is 5.75 Å². The predicted molar refractivity (Wildman–Crippen MR) is 122 cm³/mol. The van der Waals surface area contributed by atoms with Gasteiger partial charge in [-0.25, -0.2) is 8.42 Å². The number of sulfonamides is 1. The van der Waals surface area contributed by atoms with E-state index in [-0.39, 0.29) is 16.4 Å². The van der Waals surface area contributed by atoms with Gasteiger partial charge in [0.2, 0.25) is 0 Å². The van der Waals surface area contributed by atoms with Gasteiger partial charge in [0.1, 0.15) is 12.4 Å². The van der Waals surface area contributed by atoms with Crippen molar-refractivity contribution in [2.45, 2.75) is 25.7 Å². The van der Waals surface area contributed by atoms with Gasteiger partial charge in [0.05, 0.1) is 17.1 Å². The van der Waals surface area contributed by atoms with Crippen LogP contribution in [0.1, 0.15) is 27.0 Å². The second-order valence-corrected chi connectivity index (χ2v) is 8.92. The number of ether oxygens (including phenoxy) is 1. The van der Waals surface area contributed by atoms with Crippen LogP contribution in [0.4, 0.5) is 5.69 Å². The average Bonchev–Trinajstić information content (AvgIpc) is 2.74. The van der Waals surface area contributed by atoms with Crippen molar-refractivity contribution in [1.29, 1.82) is 0 Å². The van der Waals surface area contributed by atoms with Gasteiger partial charge in [-0.1, -0.05) is 42.5 Å². The van der Waals surface area contributed by atoms with Gasteiger partial charge in [0.15, 0.2) is 0 Å². The van der Waals surface area contributed by atoms with Gasteiger partial charge in [-0.3, -0.25) is 9.52 Å². The molecule has 0 radical (unpaired) electrons. The second-order valence-electron chi connectivity index (χ2n) is 7.27. The van der Waals surface area contributed by atoms with E-state index in [0.717, 1.165) is 16.9 Å². The third-order valence-electron chi connectivity index (χ3n) is 4.87. The Kier molecular flexibility index (Phi) is 6.97. The van der Waals surface area contributed by atoms with Crippen LogP contribution in [0, 0.1) is 20.8 Å². The number of carbonyl (C=O) groups excluding carboxylic acids is 1. The minimum absolute atomic E-state index is 0.0690. The van der Waals surface area contributed by atoms with Crippen molar-refractivity contribution in [3.63, 3.8) is 0 Å². The van der Waals surface area contributed by atoms with E-state index >= 15 is 0 Å². The van der Waals surface area contributed by atoms with Gasteiger partial charge in [0, 0.05) is 5.56 Å². The fourth-order valence-corrected chi connectivity index (χ4v) is 4.47. The lowest BCUT2D eigenvalue weighted by molar-refractivity contribution is 0.0946. The molecule has 7 heteroatoms. The summed E-state index contributed by atoms with van der Waals surface area (Å²) >= 11 is 0. The first-order chi connectivity index (χ1) is 14.8. The van der Waals surface area contributed by atoms with E-state index in [1.807, 2.05) is 50.2 Å². The molecule has 3 aromatic carbocycles. The summed E-state index contributed by atoms with van der Waals surface area (Å²) in [5.74, 6) is 0.406. The third kappa shape index (κ3) is 5.64. The molecule has 0 spiro atoms. The van der Waals surface area contributed by atoms with E-state index in [1.165, 1.54) is 6.07 Å². The fourth-order valence-electron chi connectivity index (χ4n) is 3.06. The molecule has 3 aromatic rings. The van der Waals surface area contributed by atoms with Crippen molar-refractivity contribution in [1.82, 2.24) is 5.32 Å². The van der Waals surface area contributed by atoms with Gasteiger partial charge >= 0.3 is 0 Å². The monoisotopic (exact) mass is 438 g/mol. The first-order valence-electron chi connectivity index (χ1n) is 9.93. The van der Waals surface area contributed by atoms with Crippen LogP contribution in [0.5, 0.6) is 5.75 Å². The second kappa shape index (κ2) is 9.66. The molecule has 0 bridgehead atoms. The number of nitrogens with one attached hydrogen (secondary N) is 2. The van der Waals surface area contributed by atoms with Gasteiger partial charge in [-0.15, -0.1) is 0 Å². The molecule has 0 saturated carbocycles. The SMILES string of the molecule is Cc1ccccc1NS(=O)(=O)c1cc(C(=O)NCCOc2ccccc2C)ccc1C. The molecule has 3 rings (SSSR count). The summed E-state index contributed by atoms with van der Waals surface area (Å²) in [5.41, 5.74) is 3.16. The average molecular weight is 439 g/mol. The highest BCUT2D eigenvalue weighted by Crippen LogP contribution is 2.23. The van der Waals surface area contributed by atoms with E-state index in [1.54, 1.807) is 31.2 Å². The zero-order valence-electron chi connectivity index (χ0n) is 17.8. The van der Waals surface area contributed by atoms with Crippen LogP contribution in [0.3, 0.4) is 0 Å². The Morgan fingerprint density at radius 2 is 1.55 bits per heavy atom. The Hall–Kier alpha value is -3.32. The van der Waals surface area contributed by atoms with Crippen molar-refractivity contribution in [2.75, 3.05) is 17.9 Å². The van der Waals surface area contributed by atoms with Crippen molar-refractivity contribution >= 4 is 21.6 Å². The summed E-state index contributed by atoms with van der Waals surface area (Å²) in [6.07, 6.45) is 0. The highest BCUT2D eigenvalue weighted by atomic mass is 32.2. The lowest BCUT2D eigenvalue weighted by atomic mass is 10.1. The molecule has 0 saturated heterocycles. The highest BCUT2D eigenvalue weighted by molar-refractivity contribution is 7.92. The van der Waals surface area contributed by atoms with Crippen molar-refractivity contribution < 1.29 is 17.9 Å². The lowest BCUT2D eigenvalue weighted by Crippen LogP contribution is -2.28. The molecule has 0 aliphatic heterocycles. The van der Waals surface area contributed by atoms with Gasteiger partial charge in [0.25, 0.3) is 15.9 Å². The van der Waals surface area contributed by atoms with Gasteiger partial charge < -0.3 is 10.1 Å². The third-order valence-corrected chi connectivity index (χ3v) is 6.38. The van der Waals surface area contributed by atoms with Crippen LogP contribution in [-0.2, 0) is 10.0 Å². The Morgan fingerprint density at radius 1 is 0.871 bits per heavy atom. The number of hydrogen-bond donors (Lipinski definition) is 2. The first-order valence-corrected chi connectivity index (χ1v) is 11.4. The zero-order chi connectivity index (χ0) is 22.4. The number of hydrogen-bond acceptors (Lipinski definition) is 4. The molecule has 0 unspecified atom stereocenters. The normalized spacial score (nSPS) is 11.1. The molecule has 0 fully saturated rings. The van der Waals surface area contributed by atoms with E-state index in [9.17, 15) is 13.2 Å². The summed E-state index contributed by atoms with van der Waals surface area (Å²) in [6.45, 7) is 6.08. The van der Waals surface area contributed by atoms with Crippen LogP contribution >= 0.6 is 0 Å². The summed E-state index contributed by atoms with van der Waals surface area (Å²) in [4.78, 5) is 12.6. The van der Waals surface area contributed by atoms with Crippen LogP contribution < -0.4 is 14.8 Å². The number of benzene rings is 3. The quantitative estimate of drug-likeness (QED) is 0.516. The molecular formula is C24H26N2O4S. The van der Waals surface area contributed by atoms with Crippen LogP contribution in [0.15, 0.2) is 71.6 Å². The number of amides is 1. The Balaban J connectivity index is 1.67. The Bertz CT molecular complexity index is 1190.